The minimum Gasteiger partial charge on any atom is -0.508 e. The van der Waals surface area contributed by atoms with Crippen molar-refractivity contribution in [2.75, 3.05) is 6.61 Å². The Bertz CT molecular complexity index is 458. The van der Waals surface area contributed by atoms with Crippen LogP contribution in [0.1, 0.15) is 24.1 Å². The van der Waals surface area contributed by atoms with Gasteiger partial charge in [-0.1, -0.05) is 12.1 Å². The molecule has 0 aromatic heterocycles. The van der Waals surface area contributed by atoms with E-state index in [-0.39, 0.29) is 18.2 Å². The molecule has 1 saturated heterocycles. The molecule has 16 heavy (non-hydrogen) atoms. The minimum atomic E-state index is -0.244. The number of hydrogen-bond donors (Lipinski definition) is 1. The highest BCUT2D eigenvalue weighted by Crippen LogP contribution is 2.39. The Kier molecular flexibility index (Phi) is 1.87. The fourth-order valence-corrected chi connectivity index (χ4v) is 2.69. The summed E-state index contributed by atoms with van der Waals surface area (Å²) in [5.41, 5.74) is 1.98. The number of fused-ring (bicyclic) bond motifs is 2. The molecule has 0 saturated carbocycles. The van der Waals surface area contributed by atoms with Crippen molar-refractivity contribution in [2.24, 2.45) is 0 Å². The number of cyclic esters (lactones) is 1. The van der Waals surface area contributed by atoms with E-state index < -0.39 is 0 Å². The van der Waals surface area contributed by atoms with Crippen LogP contribution in [0.5, 0.6) is 5.75 Å². The van der Waals surface area contributed by atoms with Crippen LogP contribution < -0.4 is 0 Å². The van der Waals surface area contributed by atoms with E-state index >= 15 is 0 Å². The molecular formula is C12H13NO3. The Morgan fingerprint density at radius 2 is 2.31 bits per heavy atom. The largest absolute Gasteiger partial charge is 0.508 e. The Morgan fingerprint density at radius 1 is 1.50 bits per heavy atom. The van der Waals surface area contributed by atoms with Crippen LogP contribution in [0.15, 0.2) is 18.2 Å². The second-order valence-electron chi connectivity index (χ2n) is 4.36. The number of phenols is 1. The van der Waals surface area contributed by atoms with E-state index in [2.05, 4.69) is 0 Å². The number of carbonyl (C=O) groups is 1. The fourth-order valence-electron chi connectivity index (χ4n) is 2.69. The standard InChI is InChI=1S/C12H13NO3/c1-7-9-3-2-4-11(14)10(9)5-8-6-16-12(15)13(7)8/h2-4,7-8,14H,5-6H2,1H3/t7-,8+/m0/s1. The SMILES string of the molecule is C[C@H]1c2cccc(O)c2C[C@@H]2COC(=O)N21. The summed E-state index contributed by atoms with van der Waals surface area (Å²) in [6, 6.07) is 5.52. The molecule has 0 spiro atoms. The van der Waals surface area contributed by atoms with Crippen molar-refractivity contribution < 1.29 is 14.6 Å². The number of phenolic OH excluding ortho intramolecular Hbond substituents is 1. The zero-order chi connectivity index (χ0) is 11.3. The van der Waals surface area contributed by atoms with Crippen molar-refractivity contribution in [3.63, 3.8) is 0 Å². The van der Waals surface area contributed by atoms with E-state index in [1.54, 1.807) is 11.0 Å². The lowest BCUT2D eigenvalue weighted by Gasteiger charge is -2.35. The molecule has 4 heteroatoms. The van der Waals surface area contributed by atoms with Gasteiger partial charge in [0.15, 0.2) is 0 Å². The summed E-state index contributed by atoms with van der Waals surface area (Å²) in [6.45, 7) is 2.40. The number of ether oxygens (including phenoxy) is 1. The maximum atomic E-state index is 11.6. The number of aromatic hydroxyl groups is 1. The van der Waals surface area contributed by atoms with E-state index in [0.29, 0.717) is 18.8 Å². The highest BCUT2D eigenvalue weighted by atomic mass is 16.6. The summed E-state index contributed by atoms with van der Waals surface area (Å²) >= 11 is 0. The number of carbonyl (C=O) groups excluding carboxylic acids is 1. The normalized spacial score (nSPS) is 27.3. The molecule has 0 radical (unpaired) electrons. The molecule has 1 N–H and O–H groups in total. The molecule has 84 valence electrons. The predicted octanol–water partition coefficient (Wildman–Crippen LogP) is 1.83. The first-order valence-electron chi connectivity index (χ1n) is 5.44. The predicted molar refractivity (Wildman–Crippen MR) is 57.2 cm³/mol. The lowest BCUT2D eigenvalue weighted by molar-refractivity contribution is 0.144. The van der Waals surface area contributed by atoms with Gasteiger partial charge >= 0.3 is 6.09 Å². The van der Waals surface area contributed by atoms with Crippen LogP contribution in [0.25, 0.3) is 0 Å². The molecular weight excluding hydrogens is 206 g/mol. The van der Waals surface area contributed by atoms with Crippen molar-refractivity contribution in [1.29, 1.82) is 0 Å². The van der Waals surface area contributed by atoms with Gasteiger partial charge in [0.2, 0.25) is 0 Å². The van der Waals surface area contributed by atoms with Crippen molar-refractivity contribution in [3.05, 3.63) is 29.3 Å². The monoisotopic (exact) mass is 219 g/mol. The van der Waals surface area contributed by atoms with Crippen molar-refractivity contribution in [1.82, 2.24) is 4.90 Å². The highest BCUT2D eigenvalue weighted by molar-refractivity contribution is 5.72. The van der Waals surface area contributed by atoms with Crippen molar-refractivity contribution in [2.45, 2.75) is 25.4 Å². The molecule has 0 unspecified atom stereocenters. The highest BCUT2D eigenvalue weighted by Gasteiger charge is 2.41. The molecule has 2 atom stereocenters. The van der Waals surface area contributed by atoms with E-state index in [1.807, 2.05) is 19.1 Å². The van der Waals surface area contributed by atoms with Gasteiger partial charge in [0.25, 0.3) is 0 Å². The maximum absolute atomic E-state index is 11.6. The summed E-state index contributed by atoms with van der Waals surface area (Å²) in [5, 5.41) is 9.82. The summed E-state index contributed by atoms with van der Waals surface area (Å²) in [7, 11) is 0. The lowest BCUT2D eigenvalue weighted by Crippen LogP contribution is -2.41. The van der Waals surface area contributed by atoms with Gasteiger partial charge in [0.05, 0.1) is 12.1 Å². The van der Waals surface area contributed by atoms with Gasteiger partial charge in [-0.2, -0.15) is 0 Å². The van der Waals surface area contributed by atoms with E-state index in [4.69, 9.17) is 4.74 Å². The van der Waals surface area contributed by atoms with E-state index in [0.717, 1.165) is 11.1 Å². The van der Waals surface area contributed by atoms with Crippen LogP contribution in [0, 0.1) is 0 Å². The van der Waals surface area contributed by atoms with Gasteiger partial charge in [-0.15, -0.1) is 0 Å². The molecule has 1 aromatic rings. The van der Waals surface area contributed by atoms with Crippen LogP contribution in [-0.4, -0.2) is 28.7 Å². The average molecular weight is 219 g/mol. The third-order valence-corrected chi connectivity index (χ3v) is 3.50. The molecule has 2 aliphatic rings. The van der Waals surface area contributed by atoms with Gasteiger partial charge in [0.1, 0.15) is 12.4 Å². The van der Waals surface area contributed by atoms with Crippen LogP contribution in [0.4, 0.5) is 4.79 Å². The topological polar surface area (TPSA) is 49.8 Å². The first-order valence-corrected chi connectivity index (χ1v) is 5.44. The smallest absolute Gasteiger partial charge is 0.410 e. The van der Waals surface area contributed by atoms with Crippen LogP contribution in [0.2, 0.25) is 0 Å². The first-order chi connectivity index (χ1) is 7.68. The summed E-state index contributed by atoms with van der Waals surface area (Å²) in [6.07, 6.45) is 0.435. The Morgan fingerprint density at radius 3 is 3.12 bits per heavy atom. The zero-order valence-electron chi connectivity index (χ0n) is 9.01. The van der Waals surface area contributed by atoms with Crippen molar-refractivity contribution >= 4 is 6.09 Å². The fraction of sp³-hybridized carbons (Fsp3) is 0.417. The number of nitrogens with zero attached hydrogens (tertiary/aromatic N) is 1. The van der Waals surface area contributed by atoms with E-state index in [9.17, 15) is 9.90 Å². The number of amides is 1. The first kappa shape index (κ1) is 9.51. The van der Waals surface area contributed by atoms with Crippen molar-refractivity contribution in [3.8, 4) is 5.75 Å². The summed E-state index contributed by atoms with van der Waals surface area (Å²) in [5.74, 6) is 0.323. The molecule has 2 heterocycles. The molecule has 1 aromatic carbocycles. The molecule has 3 rings (SSSR count). The third kappa shape index (κ3) is 1.13. The van der Waals surface area contributed by atoms with E-state index in [1.165, 1.54) is 0 Å². The van der Waals surface area contributed by atoms with Crippen LogP contribution in [-0.2, 0) is 11.2 Å². The summed E-state index contributed by atoms with van der Waals surface area (Å²) in [4.78, 5) is 13.3. The molecule has 0 aliphatic carbocycles. The molecule has 1 fully saturated rings. The third-order valence-electron chi connectivity index (χ3n) is 3.50. The molecule has 0 bridgehead atoms. The van der Waals surface area contributed by atoms with Crippen LogP contribution >= 0.6 is 0 Å². The van der Waals surface area contributed by atoms with Gasteiger partial charge in [-0.05, 0) is 18.6 Å². The Balaban J connectivity index is 2.10. The van der Waals surface area contributed by atoms with Gasteiger partial charge in [-0.25, -0.2) is 4.79 Å². The quantitative estimate of drug-likeness (QED) is 0.724. The Labute approximate surface area is 93.4 Å². The number of hydrogen-bond acceptors (Lipinski definition) is 3. The lowest BCUT2D eigenvalue weighted by atomic mass is 9.89. The molecule has 1 amide bonds. The minimum absolute atomic E-state index is 0.0177. The number of benzene rings is 1. The second kappa shape index (κ2) is 3.14. The second-order valence-corrected chi connectivity index (χ2v) is 4.36. The van der Waals surface area contributed by atoms with Crippen LogP contribution in [0.3, 0.4) is 0 Å². The molecule has 2 aliphatic heterocycles. The molecule has 4 nitrogen and oxygen atoms in total. The van der Waals surface area contributed by atoms with Gasteiger partial charge in [0, 0.05) is 12.0 Å². The Hall–Kier alpha value is -1.71. The van der Waals surface area contributed by atoms with Gasteiger partial charge in [-0.3, -0.25) is 4.90 Å². The number of rotatable bonds is 0. The zero-order valence-corrected chi connectivity index (χ0v) is 9.01. The van der Waals surface area contributed by atoms with Gasteiger partial charge < -0.3 is 9.84 Å². The summed E-state index contributed by atoms with van der Waals surface area (Å²) < 4.78 is 5.05. The average Bonchev–Trinajstić information content (AvgIpc) is 2.63. The maximum Gasteiger partial charge on any atom is 0.410 e.